The third-order valence-corrected chi connectivity index (χ3v) is 2.05. The second-order valence-electron chi connectivity index (χ2n) is 3.32. The zero-order valence-electron chi connectivity index (χ0n) is 8.28. The first-order chi connectivity index (χ1) is 7.23. The molecule has 0 heterocycles. The van der Waals surface area contributed by atoms with E-state index in [0.717, 1.165) is 12.1 Å². The van der Waals surface area contributed by atoms with Gasteiger partial charge in [-0.05, 0) is 19.1 Å². The van der Waals surface area contributed by atoms with Crippen LogP contribution in [0, 0.1) is 10.1 Å². The monoisotopic (exact) mass is 234 g/mol. The van der Waals surface area contributed by atoms with Gasteiger partial charge in [-0.25, -0.2) is 0 Å². The zero-order valence-corrected chi connectivity index (χ0v) is 8.28. The average Bonchev–Trinajstić information content (AvgIpc) is 2.15. The summed E-state index contributed by atoms with van der Waals surface area (Å²) < 4.78 is 36.9. The van der Waals surface area contributed by atoms with E-state index >= 15 is 0 Å². The van der Waals surface area contributed by atoms with Crippen molar-refractivity contribution in [2.45, 2.75) is 19.1 Å². The van der Waals surface area contributed by atoms with Gasteiger partial charge in [-0.15, -0.1) is 0 Å². The number of hydrogen-bond acceptors (Lipinski definition) is 3. The van der Waals surface area contributed by atoms with E-state index in [0.29, 0.717) is 6.07 Å². The molecule has 1 aromatic rings. The van der Waals surface area contributed by atoms with Crippen molar-refractivity contribution in [3.63, 3.8) is 0 Å². The molecule has 1 unspecified atom stereocenters. The number of nitro benzene ring substituents is 1. The summed E-state index contributed by atoms with van der Waals surface area (Å²) in [5.74, 6) is 0. The maximum Gasteiger partial charge on any atom is 0.416 e. The van der Waals surface area contributed by atoms with Crippen LogP contribution in [0.4, 0.5) is 18.9 Å². The van der Waals surface area contributed by atoms with Crippen molar-refractivity contribution in [1.82, 2.24) is 0 Å². The Kier molecular flexibility index (Phi) is 3.18. The molecule has 0 saturated heterocycles. The smallest absolute Gasteiger partial charge is 0.324 e. The van der Waals surface area contributed by atoms with Crippen molar-refractivity contribution >= 4 is 5.69 Å². The van der Waals surface area contributed by atoms with Crippen LogP contribution in [0.1, 0.15) is 24.1 Å². The Morgan fingerprint density at radius 1 is 1.44 bits per heavy atom. The van der Waals surface area contributed by atoms with Crippen molar-refractivity contribution in [2.24, 2.45) is 5.73 Å². The topological polar surface area (TPSA) is 69.2 Å². The molecule has 2 N–H and O–H groups in total. The molecule has 0 aromatic heterocycles. The molecule has 7 heteroatoms. The fourth-order valence-electron chi connectivity index (χ4n) is 1.26. The standard InChI is InChI=1S/C9H9F3N2O2/c1-5(13)7-3-2-6(9(10,11)12)4-8(7)14(15)16/h2-5H,13H2,1H3. The highest BCUT2D eigenvalue weighted by Gasteiger charge is 2.33. The van der Waals surface area contributed by atoms with Crippen LogP contribution in [-0.2, 0) is 6.18 Å². The fraction of sp³-hybridized carbons (Fsp3) is 0.333. The average molecular weight is 234 g/mol. The molecule has 0 radical (unpaired) electrons. The number of rotatable bonds is 2. The maximum absolute atomic E-state index is 12.3. The maximum atomic E-state index is 12.3. The van der Waals surface area contributed by atoms with Crippen LogP contribution < -0.4 is 5.73 Å². The largest absolute Gasteiger partial charge is 0.416 e. The molecular formula is C9H9F3N2O2. The Hall–Kier alpha value is -1.63. The third-order valence-electron chi connectivity index (χ3n) is 2.05. The molecule has 1 aromatic carbocycles. The fourth-order valence-corrected chi connectivity index (χ4v) is 1.26. The van der Waals surface area contributed by atoms with E-state index in [4.69, 9.17) is 5.73 Å². The number of hydrogen-bond donors (Lipinski definition) is 1. The van der Waals surface area contributed by atoms with Crippen LogP contribution in [0.2, 0.25) is 0 Å². The molecule has 0 aliphatic carbocycles. The molecule has 88 valence electrons. The molecule has 1 rings (SSSR count). The number of nitrogens with zero attached hydrogens (tertiary/aromatic N) is 1. The van der Waals surface area contributed by atoms with Crippen molar-refractivity contribution in [1.29, 1.82) is 0 Å². The Bertz CT molecular complexity index is 416. The zero-order chi connectivity index (χ0) is 12.5. The summed E-state index contributed by atoms with van der Waals surface area (Å²) in [7, 11) is 0. The molecule has 0 amide bonds. The van der Waals surface area contributed by atoms with Crippen LogP contribution in [0.5, 0.6) is 0 Å². The summed E-state index contributed by atoms with van der Waals surface area (Å²) in [6, 6.07) is 1.62. The molecule has 0 spiro atoms. The summed E-state index contributed by atoms with van der Waals surface area (Å²) in [4.78, 5) is 9.72. The second kappa shape index (κ2) is 4.09. The minimum Gasteiger partial charge on any atom is -0.324 e. The lowest BCUT2D eigenvalue weighted by Crippen LogP contribution is -2.11. The van der Waals surface area contributed by atoms with Gasteiger partial charge in [0.1, 0.15) is 0 Å². The van der Waals surface area contributed by atoms with Crippen molar-refractivity contribution in [3.05, 3.63) is 39.4 Å². The lowest BCUT2D eigenvalue weighted by atomic mass is 10.0. The van der Waals surface area contributed by atoms with Crippen LogP contribution in [0.3, 0.4) is 0 Å². The predicted octanol–water partition coefficient (Wildman–Crippen LogP) is 2.63. The minimum absolute atomic E-state index is 0.0815. The summed E-state index contributed by atoms with van der Waals surface area (Å²) >= 11 is 0. The number of benzene rings is 1. The molecule has 16 heavy (non-hydrogen) atoms. The number of nitrogens with two attached hydrogens (primary N) is 1. The van der Waals surface area contributed by atoms with Crippen LogP contribution in [0.15, 0.2) is 18.2 Å². The first-order valence-electron chi connectivity index (χ1n) is 4.34. The summed E-state index contributed by atoms with van der Waals surface area (Å²) in [5.41, 5.74) is 3.85. The molecule has 0 aliphatic heterocycles. The number of alkyl halides is 3. The highest BCUT2D eigenvalue weighted by atomic mass is 19.4. The lowest BCUT2D eigenvalue weighted by Gasteiger charge is -2.10. The first kappa shape index (κ1) is 12.4. The molecule has 0 saturated carbocycles. The normalized spacial score (nSPS) is 13.6. The minimum atomic E-state index is -4.60. The van der Waals surface area contributed by atoms with Gasteiger partial charge in [0.2, 0.25) is 0 Å². The van der Waals surface area contributed by atoms with E-state index < -0.39 is 28.4 Å². The van der Waals surface area contributed by atoms with Gasteiger partial charge in [0.25, 0.3) is 5.69 Å². The van der Waals surface area contributed by atoms with Gasteiger partial charge >= 0.3 is 6.18 Å². The molecule has 0 aliphatic rings. The Balaban J connectivity index is 3.34. The van der Waals surface area contributed by atoms with Crippen LogP contribution in [-0.4, -0.2) is 4.92 Å². The molecule has 1 atom stereocenters. The van der Waals surface area contributed by atoms with Crippen LogP contribution >= 0.6 is 0 Å². The number of nitro groups is 1. The van der Waals surface area contributed by atoms with Gasteiger partial charge in [-0.3, -0.25) is 10.1 Å². The van der Waals surface area contributed by atoms with E-state index in [1.807, 2.05) is 0 Å². The van der Waals surface area contributed by atoms with E-state index in [1.54, 1.807) is 0 Å². The first-order valence-corrected chi connectivity index (χ1v) is 4.34. The van der Waals surface area contributed by atoms with Crippen molar-refractivity contribution < 1.29 is 18.1 Å². The van der Waals surface area contributed by atoms with Gasteiger partial charge in [0.05, 0.1) is 10.5 Å². The lowest BCUT2D eigenvalue weighted by molar-refractivity contribution is -0.385. The summed E-state index contributed by atoms with van der Waals surface area (Å²) in [6.07, 6.45) is -4.60. The van der Waals surface area contributed by atoms with Gasteiger partial charge in [0, 0.05) is 17.7 Å². The summed E-state index contributed by atoms with van der Waals surface area (Å²) in [5, 5.41) is 10.6. The molecule has 0 bridgehead atoms. The SMILES string of the molecule is CC(N)c1ccc(C(F)(F)F)cc1[N+](=O)[O-]. The van der Waals surface area contributed by atoms with Gasteiger partial charge in [-0.2, -0.15) is 13.2 Å². The van der Waals surface area contributed by atoms with Gasteiger partial charge in [0.15, 0.2) is 0 Å². The Morgan fingerprint density at radius 3 is 2.38 bits per heavy atom. The number of halogens is 3. The quantitative estimate of drug-likeness (QED) is 0.631. The third kappa shape index (κ3) is 2.48. The summed E-state index contributed by atoms with van der Waals surface area (Å²) in [6.45, 7) is 1.47. The van der Waals surface area contributed by atoms with E-state index in [9.17, 15) is 23.3 Å². The molecule has 0 fully saturated rings. The predicted molar refractivity (Wildman–Crippen MR) is 50.7 cm³/mol. The molecule has 4 nitrogen and oxygen atoms in total. The Morgan fingerprint density at radius 2 is 2.00 bits per heavy atom. The van der Waals surface area contributed by atoms with E-state index in [2.05, 4.69) is 0 Å². The van der Waals surface area contributed by atoms with Crippen molar-refractivity contribution in [3.8, 4) is 0 Å². The van der Waals surface area contributed by atoms with Gasteiger partial charge < -0.3 is 5.73 Å². The molecular weight excluding hydrogens is 225 g/mol. The van der Waals surface area contributed by atoms with Crippen molar-refractivity contribution in [2.75, 3.05) is 0 Å². The van der Waals surface area contributed by atoms with Gasteiger partial charge in [-0.1, -0.05) is 0 Å². The van der Waals surface area contributed by atoms with Crippen LogP contribution in [0.25, 0.3) is 0 Å². The Labute approximate surface area is 89.0 Å². The van der Waals surface area contributed by atoms with E-state index in [-0.39, 0.29) is 5.56 Å². The van der Waals surface area contributed by atoms with E-state index in [1.165, 1.54) is 6.92 Å². The second-order valence-corrected chi connectivity index (χ2v) is 3.32. The highest BCUT2D eigenvalue weighted by molar-refractivity contribution is 5.45. The highest BCUT2D eigenvalue weighted by Crippen LogP contribution is 2.34.